The molecule has 3 heterocycles. The topological polar surface area (TPSA) is 155 Å². The Bertz CT molecular complexity index is 2140. The van der Waals surface area contributed by atoms with Crippen molar-refractivity contribution in [2.45, 2.75) is 85.3 Å². The molecule has 3 atom stereocenters. The first kappa shape index (κ1) is 37.7. The van der Waals surface area contributed by atoms with E-state index in [4.69, 9.17) is 15.6 Å². The van der Waals surface area contributed by atoms with Crippen molar-refractivity contribution >= 4 is 55.7 Å². The van der Waals surface area contributed by atoms with Crippen LogP contribution in [0.15, 0.2) is 65.8 Å². The molecule has 1 amide bonds. The number of allylic oxidation sites excluding steroid dienone is 1. The Morgan fingerprint density at radius 1 is 1.00 bits per heavy atom. The van der Waals surface area contributed by atoms with Crippen molar-refractivity contribution in [2.24, 2.45) is 27.0 Å². The van der Waals surface area contributed by atoms with Crippen molar-refractivity contribution in [3.63, 3.8) is 0 Å². The molecule has 2 aromatic heterocycles. The number of aliphatic imine (C=N–C) groups is 1. The number of nitrogens with two attached hydrogens (primary N) is 1. The number of fused-ring (bicyclic) bond motifs is 4. The number of anilines is 2. The minimum atomic E-state index is -1.15. The number of hydrogen-bond acceptors (Lipinski definition) is 10. The van der Waals surface area contributed by atoms with Crippen LogP contribution in [0.1, 0.15) is 104 Å². The van der Waals surface area contributed by atoms with E-state index in [9.17, 15) is 14.7 Å². The number of nitrogens with one attached hydrogen (secondary N) is 2. The van der Waals surface area contributed by atoms with E-state index >= 15 is 0 Å². The van der Waals surface area contributed by atoms with Gasteiger partial charge >= 0.3 is 5.97 Å². The zero-order chi connectivity index (χ0) is 38.5. The van der Waals surface area contributed by atoms with Crippen LogP contribution < -0.4 is 21.4 Å². The number of carbonyl (C=O) groups excluding carboxylic acids is 1. The molecule has 12 heteroatoms. The molecular formula is C42H51N7O4S. The number of carbonyl (C=O) groups is 2. The van der Waals surface area contributed by atoms with E-state index in [1.54, 1.807) is 6.07 Å². The maximum absolute atomic E-state index is 13.6. The van der Waals surface area contributed by atoms with E-state index in [0.717, 1.165) is 53.4 Å². The first-order valence-corrected chi connectivity index (χ1v) is 19.5. The summed E-state index contributed by atoms with van der Waals surface area (Å²) >= 11 is 1.43. The maximum atomic E-state index is 13.6. The molecule has 7 rings (SSSR count). The second-order valence-electron chi connectivity index (χ2n) is 17.1. The number of para-hydroxylation sites is 1. The predicted octanol–water partition coefficient (Wildman–Crippen LogP) is 7.87. The number of rotatable bonds is 10. The van der Waals surface area contributed by atoms with Gasteiger partial charge in [0.25, 0.3) is 5.91 Å². The summed E-state index contributed by atoms with van der Waals surface area (Å²) in [6.07, 6.45) is 7.13. The fourth-order valence-electron chi connectivity index (χ4n) is 10.4. The smallest absolute Gasteiger partial charge is 0.355 e. The van der Waals surface area contributed by atoms with Gasteiger partial charge in [-0.25, -0.2) is 20.2 Å². The molecule has 1 aliphatic heterocycles. The molecule has 0 radical (unpaired) electrons. The lowest BCUT2D eigenvalue weighted by Gasteiger charge is -2.60. The lowest BCUT2D eigenvalue weighted by atomic mass is 9.48. The van der Waals surface area contributed by atoms with E-state index in [2.05, 4.69) is 48.5 Å². The number of aromatic nitrogens is 2. The van der Waals surface area contributed by atoms with Gasteiger partial charge in [0.05, 0.1) is 15.8 Å². The molecule has 5 N–H and O–H groups in total. The highest BCUT2D eigenvalue weighted by Gasteiger charge is 2.58. The summed E-state index contributed by atoms with van der Waals surface area (Å²) in [5, 5.41) is 14.0. The summed E-state index contributed by atoms with van der Waals surface area (Å²) in [4.78, 5) is 49.0. The quantitative estimate of drug-likeness (QED) is 0.0937. The van der Waals surface area contributed by atoms with Gasteiger partial charge in [-0.2, -0.15) is 0 Å². The largest absolute Gasteiger partial charge is 0.476 e. The summed E-state index contributed by atoms with van der Waals surface area (Å²) in [6, 6.07) is 17.1. The molecule has 0 spiro atoms. The van der Waals surface area contributed by atoms with Crippen molar-refractivity contribution in [3.8, 4) is 0 Å². The molecule has 2 fully saturated rings. The van der Waals surface area contributed by atoms with E-state index < -0.39 is 5.97 Å². The average molecular weight is 750 g/mol. The average Bonchev–Trinajstić information content (AvgIpc) is 3.51. The van der Waals surface area contributed by atoms with Crippen LogP contribution in [0.25, 0.3) is 15.8 Å². The third kappa shape index (κ3) is 7.51. The molecule has 3 aliphatic rings. The van der Waals surface area contributed by atoms with Crippen molar-refractivity contribution < 1.29 is 19.5 Å². The second kappa shape index (κ2) is 14.2. The highest BCUT2D eigenvalue weighted by atomic mass is 32.1. The number of pyridine rings is 1. The van der Waals surface area contributed by atoms with Gasteiger partial charge in [0.2, 0.25) is 0 Å². The first-order valence-electron chi connectivity index (χ1n) is 18.7. The van der Waals surface area contributed by atoms with Gasteiger partial charge in [-0.3, -0.25) is 19.9 Å². The Balaban J connectivity index is 1.11. The van der Waals surface area contributed by atoms with E-state index in [-0.39, 0.29) is 33.4 Å². The summed E-state index contributed by atoms with van der Waals surface area (Å²) < 4.78 is 0.999. The molecule has 11 nitrogen and oxygen atoms in total. The molecule has 2 saturated carbocycles. The van der Waals surface area contributed by atoms with Crippen molar-refractivity contribution in [1.82, 2.24) is 15.4 Å². The number of thiazole rings is 1. The van der Waals surface area contributed by atoms with Gasteiger partial charge in [0.1, 0.15) is 5.82 Å². The number of nitrogens with zero attached hydrogens (tertiary/aromatic N) is 4. The van der Waals surface area contributed by atoms with Crippen LogP contribution in [0.3, 0.4) is 0 Å². The fraction of sp³-hybridized carbons (Fsp3) is 0.452. The number of carboxylic acids is 1. The molecule has 2 bridgehead atoms. The van der Waals surface area contributed by atoms with Gasteiger partial charge in [0.15, 0.2) is 10.8 Å². The van der Waals surface area contributed by atoms with Crippen LogP contribution in [0.4, 0.5) is 10.9 Å². The number of hydrogen-bond donors (Lipinski definition) is 4. The molecule has 0 saturated heterocycles. The number of benzene rings is 2. The van der Waals surface area contributed by atoms with Crippen LogP contribution in [0, 0.1) is 16.2 Å². The van der Waals surface area contributed by atoms with Gasteiger partial charge in [-0.05, 0) is 103 Å². The van der Waals surface area contributed by atoms with Crippen LogP contribution >= 0.6 is 11.3 Å². The highest BCUT2D eigenvalue weighted by molar-refractivity contribution is 7.22. The lowest BCUT2D eigenvalue weighted by molar-refractivity contribution is -0.214. The van der Waals surface area contributed by atoms with E-state index in [0.29, 0.717) is 59.4 Å². The first-order chi connectivity index (χ1) is 25.6. The van der Waals surface area contributed by atoms with Gasteiger partial charge in [0, 0.05) is 55.3 Å². The standard InChI is InChI=1S/C42H51N7O4S/c1-26(45-25-41(5)22-40(4)20-39(2,3)21-42(23-40,24-41)53-44-6)30(18-43)28-14-15-34(47-35(28)37(51)52)49-17-16-27-10-9-11-29(31(27)19-49)36(50)48-38-46-32-12-7-8-13-33(32)54-38/h7-15,18,44H,16-17,19-25,43H2,1-6H3,(H,51,52)(H,46,48,50). The fourth-order valence-corrected chi connectivity index (χ4v) is 11.3. The number of hydroxylamine groups is 1. The van der Waals surface area contributed by atoms with Gasteiger partial charge in [-0.15, -0.1) is 0 Å². The molecule has 284 valence electrons. The molecule has 54 heavy (non-hydrogen) atoms. The van der Waals surface area contributed by atoms with Gasteiger partial charge in [-0.1, -0.05) is 63.3 Å². The lowest BCUT2D eigenvalue weighted by Crippen LogP contribution is -2.58. The minimum Gasteiger partial charge on any atom is -0.476 e. The normalized spacial score (nSPS) is 25.3. The van der Waals surface area contributed by atoms with Crippen molar-refractivity contribution in [3.05, 3.63) is 88.7 Å². The predicted molar refractivity (Wildman–Crippen MR) is 216 cm³/mol. The Labute approximate surface area is 321 Å². The minimum absolute atomic E-state index is 0.0964. The highest BCUT2D eigenvalue weighted by Crippen LogP contribution is 2.62. The number of aromatic carboxylic acids is 1. The molecule has 2 aromatic carbocycles. The summed E-state index contributed by atoms with van der Waals surface area (Å²) in [7, 11) is 1.84. The Hall–Kier alpha value is -4.65. The third-order valence-corrected chi connectivity index (χ3v) is 12.3. The Morgan fingerprint density at radius 2 is 1.80 bits per heavy atom. The Kier molecular flexibility index (Phi) is 9.91. The third-order valence-electron chi connectivity index (χ3n) is 11.4. The van der Waals surface area contributed by atoms with Crippen LogP contribution in [-0.4, -0.2) is 58.4 Å². The Morgan fingerprint density at radius 3 is 2.54 bits per heavy atom. The van der Waals surface area contributed by atoms with Crippen molar-refractivity contribution in [2.75, 3.05) is 30.4 Å². The summed E-state index contributed by atoms with van der Waals surface area (Å²) in [5.41, 5.74) is 14.0. The van der Waals surface area contributed by atoms with E-state index in [1.807, 2.05) is 67.4 Å². The zero-order valence-corrected chi connectivity index (χ0v) is 32.9. The second-order valence-corrected chi connectivity index (χ2v) is 18.1. The van der Waals surface area contributed by atoms with Crippen molar-refractivity contribution in [1.29, 1.82) is 0 Å². The summed E-state index contributed by atoms with van der Waals surface area (Å²) in [5.74, 6) is -0.870. The molecular weight excluding hydrogens is 699 g/mol. The van der Waals surface area contributed by atoms with Gasteiger partial charge < -0.3 is 15.7 Å². The summed E-state index contributed by atoms with van der Waals surface area (Å²) in [6.45, 7) is 12.8. The monoisotopic (exact) mass is 749 g/mol. The SMILES string of the molecule is CNOC12CC(C)(C)CC(C)(CC(C)(CN=C(C)C(=CN)c3ccc(N4CCc5cccc(C(=O)Nc6nc7ccccc7s6)c5C4)nc3C(=O)O)C1)C2. The number of carboxylic acid groups (broad SMARTS) is 1. The van der Waals surface area contributed by atoms with Crippen LogP contribution in [0.2, 0.25) is 0 Å². The van der Waals surface area contributed by atoms with Crippen LogP contribution in [0.5, 0.6) is 0 Å². The zero-order valence-electron chi connectivity index (χ0n) is 32.1. The molecule has 3 unspecified atom stereocenters. The molecule has 2 aliphatic carbocycles. The number of amides is 1. The maximum Gasteiger partial charge on any atom is 0.355 e. The van der Waals surface area contributed by atoms with E-state index in [1.165, 1.54) is 17.5 Å². The molecule has 4 aromatic rings. The van der Waals surface area contributed by atoms with Crippen LogP contribution in [-0.2, 0) is 17.8 Å².